The maximum absolute atomic E-state index is 12.9. The topological polar surface area (TPSA) is 46.9 Å². The van der Waals surface area contributed by atoms with Gasteiger partial charge in [0.2, 0.25) is 5.91 Å². The molecule has 0 radical (unpaired) electrons. The maximum atomic E-state index is 12.9. The zero-order valence-electron chi connectivity index (χ0n) is 13.7. The summed E-state index contributed by atoms with van der Waals surface area (Å²) in [5.41, 5.74) is -0.119. The molecule has 0 unspecified atom stereocenters. The van der Waals surface area contributed by atoms with Gasteiger partial charge in [-0.3, -0.25) is 9.48 Å². The number of aromatic nitrogens is 2. The standard InChI is InChI=1S/C17H22ClF2N3O/c1-9-14(18)15(16(19)20)22-23(9)8-13(24)21-17-5-10-2-11(6-17)4-12(3-10)7-17/h10-12,16H,2-8H2,1H3,(H,21,24). The lowest BCUT2D eigenvalue weighted by Crippen LogP contribution is -2.60. The third-order valence-electron chi connectivity index (χ3n) is 6.10. The molecule has 7 heteroatoms. The van der Waals surface area contributed by atoms with E-state index in [0.29, 0.717) is 5.69 Å². The summed E-state index contributed by atoms with van der Waals surface area (Å²) in [6, 6.07) is 0. The summed E-state index contributed by atoms with van der Waals surface area (Å²) >= 11 is 5.90. The summed E-state index contributed by atoms with van der Waals surface area (Å²) < 4.78 is 27.1. The number of carbonyl (C=O) groups excluding carboxylic acids is 1. The highest BCUT2D eigenvalue weighted by molar-refractivity contribution is 6.31. The predicted octanol–water partition coefficient (Wildman–Crippen LogP) is 3.87. The fourth-order valence-electron chi connectivity index (χ4n) is 5.58. The van der Waals surface area contributed by atoms with Crippen molar-refractivity contribution in [2.45, 2.75) is 64.0 Å². The van der Waals surface area contributed by atoms with Crippen LogP contribution in [-0.4, -0.2) is 21.2 Å². The number of hydrogen-bond donors (Lipinski definition) is 1. The lowest BCUT2D eigenvalue weighted by molar-refractivity contribution is -0.127. The quantitative estimate of drug-likeness (QED) is 0.889. The van der Waals surface area contributed by atoms with Gasteiger partial charge in [-0.15, -0.1) is 0 Å². The smallest absolute Gasteiger partial charge is 0.283 e. The molecule has 1 amide bonds. The van der Waals surface area contributed by atoms with Crippen LogP contribution >= 0.6 is 11.6 Å². The molecule has 132 valence electrons. The Morgan fingerprint density at radius 3 is 2.29 bits per heavy atom. The third kappa shape index (κ3) is 2.72. The highest BCUT2D eigenvalue weighted by atomic mass is 35.5. The molecule has 1 aromatic heterocycles. The minimum atomic E-state index is -2.73. The first-order valence-corrected chi connectivity index (χ1v) is 9.05. The zero-order chi connectivity index (χ0) is 17.1. The Labute approximate surface area is 144 Å². The summed E-state index contributed by atoms with van der Waals surface area (Å²) in [6.45, 7) is 1.55. The van der Waals surface area contributed by atoms with Gasteiger partial charge >= 0.3 is 0 Å². The fraction of sp³-hybridized carbons (Fsp3) is 0.765. The molecule has 24 heavy (non-hydrogen) atoms. The molecule has 4 nitrogen and oxygen atoms in total. The second-order valence-electron chi connectivity index (χ2n) is 7.99. The number of carbonyl (C=O) groups is 1. The van der Waals surface area contributed by atoms with Gasteiger partial charge < -0.3 is 5.32 Å². The van der Waals surface area contributed by atoms with E-state index in [-0.39, 0.29) is 23.0 Å². The largest absolute Gasteiger partial charge is 0.349 e. The zero-order valence-corrected chi connectivity index (χ0v) is 14.5. The summed E-state index contributed by atoms with van der Waals surface area (Å²) in [5, 5.41) is 7.00. The molecule has 0 aliphatic heterocycles. The lowest BCUT2D eigenvalue weighted by atomic mass is 9.53. The second kappa shape index (κ2) is 5.68. The van der Waals surface area contributed by atoms with E-state index >= 15 is 0 Å². The SMILES string of the molecule is Cc1c(Cl)c(C(F)F)nn1CC(=O)NC12CC3CC(CC(C3)C1)C2. The Hall–Kier alpha value is -1.17. The summed E-state index contributed by atoms with van der Waals surface area (Å²) in [5.74, 6) is 2.06. The lowest BCUT2D eigenvalue weighted by Gasteiger charge is -2.56. The van der Waals surface area contributed by atoms with Crippen molar-refractivity contribution in [2.24, 2.45) is 17.8 Å². The van der Waals surface area contributed by atoms with E-state index in [1.807, 2.05) is 0 Å². The number of halogens is 3. The van der Waals surface area contributed by atoms with Gasteiger partial charge in [-0.1, -0.05) is 11.6 Å². The molecule has 4 aliphatic carbocycles. The van der Waals surface area contributed by atoms with Crippen LogP contribution in [0, 0.1) is 24.7 Å². The van der Waals surface area contributed by atoms with Gasteiger partial charge in [0.1, 0.15) is 12.2 Å². The number of hydrogen-bond acceptors (Lipinski definition) is 2. The molecule has 1 N–H and O–H groups in total. The minimum absolute atomic E-state index is 0.0485. The fourth-order valence-corrected chi connectivity index (χ4v) is 5.79. The van der Waals surface area contributed by atoms with E-state index in [1.165, 1.54) is 23.9 Å². The average molecular weight is 358 g/mol. The molecule has 5 rings (SSSR count). The first-order chi connectivity index (χ1) is 11.3. The maximum Gasteiger partial charge on any atom is 0.283 e. The van der Waals surface area contributed by atoms with Crippen LogP contribution in [0.15, 0.2) is 0 Å². The molecule has 4 aliphatic rings. The second-order valence-corrected chi connectivity index (χ2v) is 8.37. The molecule has 0 saturated heterocycles. The molecule has 0 atom stereocenters. The predicted molar refractivity (Wildman–Crippen MR) is 86.0 cm³/mol. The number of rotatable bonds is 4. The Morgan fingerprint density at radius 1 is 1.29 bits per heavy atom. The Bertz CT molecular complexity index is 638. The van der Waals surface area contributed by atoms with Crippen molar-refractivity contribution in [1.82, 2.24) is 15.1 Å². The Balaban J connectivity index is 1.47. The van der Waals surface area contributed by atoms with Crippen LogP contribution in [-0.2, 0) is 11.3 Å². The van der Waals surface area contributed by atoms with E-state index in [2.05, 4.69) is 10.4 Å². The van der Waals surface area contributed by atoms with Gasteiger partial charge in [-0.2, -0.15) is 5.10 Å². The monoisotopic (exact) mass is 357 g/mol. The van der Waals surface area contributed by atoms with E-state index in [0.717, 1.165) is 37.0 Å². The van der Waals surface area contributed by atoms with Gasteiger partial charge in [0, 0.05) is 5.54 Å². The minimum Gasteiger partial charge on any atom is -0.349 e. The van der Waals surface area contributed by atoms with Crippen molar-refractivity contribution >= 4 is 17.5 Å². The van der Waals surface area contributed by atoms with E-state index in [9.17, 15) is 13.6 Å². The molecule has 0 aromatic carbocycles. The van der Waals surface area contributed by atoms with E-state index in [4.69, 9.17) is 11.6 Å². The van der Waals surface area contributed by atoms with Crippen LogP contribution in [0.5, 0.6) is 0 Å². The number of nitrogens with zero attached hydrogens (tertiary/aromatic N) is 2. The number of alkyl halides is 2. The van der Waals surface area contributed by atoms with Crippen LogP contribution in [0.4, 0.5) is 8.78 Å². The first-order valence-electron chi connectivity index (χ1n) is 8.67. The van der Waals surface area contributed by atoms with Crippen LogP contribution in [0.1, 0.15) is 56.3 Å². The average Bonchev–Trinajstić information content (AvgIpc) is 2.73. The Kier molecular flexibility index (Phi) is 3.86. The van der Waals surface area contributed by atoms with Crippen molar-refractivity contribution in [2.75, 3.05) is 0 Å². The summed E-state index contributed by atoms with van der Waals surface area (Å²) in [6.07, 6.45) is 4.37. The van der Waals surface area contributed by atoms with Crippen molar-refractivity contribution in [3.05, 3.63) is 16.4 Å². The first kappa shape index (κ1) is 16.3. The van der Waals surface area contributed by atoms with Gasteiger partial charge in [0.25, 0.3) is 6.43 Å². The molecule has 1 aromatic rings. The molecule has 0 spiro atoms. The number of amides is 1. The van der Waals surface area contributed by atoms with Crippen LogP contribution < -0.4 is 5.32 Å². The van der Waals surface area contributed by atoms with Gasteiger partial charge in [-0.05, 0) is 63.2 Å². The highest BCUT2D eigenvalue weighted by Gasteiger charge is 2.51. The van der Waals surface area contributed by atoms with E-state index < -0.39 is 12.1 Å². The van der Waals surface area contributed by atoms with Crippen molar-refractivity contribution in [1.29, 1.82) is 0 Å². The van der Waals surface area contributed by atoms with Crippen molar-refractivity contribution in [3.8, 4) is 0 Å². The van der Waals surface area contributed by atoms with Gasteiger partial charge in [0.15, 0.2) is 0 Å². The third-order valence-corrected chi connectivity index (χ3v) is 6.57. The molecule has 4 saturated carbocycles. The molecular formula is C17H22ClF2N3O. The number of nitrogens with one attached hydrogen (secondary N) is 1. The molecular weight excluding hydrogens is 336 g/mol. The van der Waals surface area contributed by atoms with Gasteiger partial charge in [0.05, 0.1) is 10.7 Å². The van der Waals surface area contributed by atoms with E-state index in [1.54, 1.807) is 6.92 Å². The molecule has 4 bridgehead atoms. The molecule has 1 heterocycles. The summed E-state index contributed by atoms with van der Waals surface area (Å²) in [4.78, 5) is 12.5. The molecule has 4 fully saturated rings. The van der Waals surface area contributed by atoms with Crippen molar-refractivity contribution in [3.63, 3.8) is 0 Å². The van der Waals surface area contributed by atoms with Gasteiger partial charge in [-0.25, -0.2) is 8.78 Å². The summed E-state index contributed by atoms with van der Waals surface area (Å²) in [7, 11) is 0. The van der Waals surface area contributed by atoms with Crippen LogP contribution in [0.25, 0.3) is 0 Å². The Morgan fingerprint density at radius 2 is 1.83 bits per heavy atom. The van der Waals surface area contributed by atoms with Crippen LogP contribution in [0.2, 0.25) is 5.02 Å². The normalized spacial score (nSPS) is 34.1. The highest BCUT2D eigenvalue weighted by Crippen LogP contribution is 2.55. The van der Waals surface area contributed by atoms with Crippen molar-refractivity contribution < 1.29 is 13.6 Å². The van der Waals surface area contributed by atoms with Crippen LogP contribution in [0.3, 0.4) is 0 Å².